The van der Waals surface area contributed by atoms with Crippen molar-refractivity contribution >= 4 is 27.3 Å². The Balaban J connectivity index is 1.25. The molecule has 5 rings (SSSR count). The second kappa shape index (κ2) is 9.76. The highest BCUT2D eigenvalue weighted by Crippen LogP contribution is 2.36. The van der Waals surface area contributed by atoms with Crippen molar-refractivity contribution in [3.05, 3.63) is 42.2 Å². The molecule has 2 aliphatic heterocycles. The van der Waals surface area contributed by atoms with Gasteiger partial charge in [0.05, 0.1) is 25.2 Å². The molecular formula is C24H28N6O5S. The molecule has 0 atom stereocenters. The molecule has 36 heavy (non-hydrogen) atoms. The van der Waals surface area contributed by atoms with Crippen molar-refractivity contribution in [1.29, 1.82) is 0 Å². The lowest BCUT2D eigenvalue weighted by Crippen LogP contribution is -2.39. The van der Waals surface area contributed by atoms with Gasteiger partial charge in [-0.1, -0.05) is 0 Å². The summed E-state index contributed by atoms with van der Waals surface area (Å²) in [5, 5.41) is 0. The molecule has 4 heterocycles. The van der Waals surface area contributed by atoms with E-state index in [0.29, 0.717) is 35.0 Å². The molecule has 0 amide bonds. The summed E-state index contributed by atoms with van der Waals surface area (Å²) in [6, 6.07) is 8.71. The van der Waals surface area contributed by atoms with Crippen molar-refractivity contribution in [1.82, 2.24) is 19.9 Å². The summed E-state index contributed by atoms with van der Waals surface area (Å²) in [4.78, 5) is 22.1. The molecule has 1 aromatic carbocycles. The smallest absolute Gasteiger partial charge is 0.231 e. The van der Waals surface area contributed by atoms with Crippen molar-refractivity contribution < 1.29 is 22.6 Å². The molecule has 0 radical (unpaired) electrons. The van der Waals surface area contributed by atoms with E-state index in [-0.39, 0.29) is 6.10 Å². The van der Waals surface area contributed by atoms with Gasteiger partial charge in [-0.15, -0.1) is 0 Å². The van der Waals surface area contributed by atoms with E-state index in [1.54, 1.807) is 32.4 Å². The summed E-state index contributed by atoms with van der Waals surface area (Å²) in [5.41, 5.74) is 1.94. The first-order chi connectivity index (χ1) is 17.3. The van der Waals surface area contributed by atoms with Gasteiger partial charge in [0.15, 0.2) is 9.84 Å². The van der Waals surface area contributed by atoms with Crippen LogP contribution in [-0.4, -0.2) is 74.6 Å². The fraction of sp³-hybridized carbons (Fsp3) is 0.417. The van der Waals surface area contributed by atoms with Gasteiger partial charge in [0.2, 0.25) is 23.6 Å². The Labute approximate surface area is 210 Å². The summed E-state index contributed by atoms with van der Waals surface area (Å²) in [6.07, 6.45) is 5.03. The number of piperidine rings is 1. The van der Waals surface area contributed by atoms with Gasteiger partial charge in [-0.05, 0) is 30.2 Å². The summed E-state index contributed by atoms with van der Waals surface area (Å²) < 4.78 is 40.5. The number of aromatic nitrogens is 4. The SMILES string of the molecule is COc1cc(OC)nc(N2CCC(Oc3cc(N4CCc5cc(S(C)(=O)=O)ccc54)ncn3)CC2)n1. The third-order valence-electron chi connectivity index (χ3n) is 6.38. The number of hydrogen-bond acceptors (Lipinski definition) is 11. The van der Waals surface area contributed by atoms with E-state index in [4.69, 9.17) is 14.2 Å². The molecule has 0 spiro atoms. The zero-order valence-corrected chi connectivity index (χ0v) is 21.2. The van der Waals surface area contributed by atoms with E-state index in [0.717, 1.165) is 49.4 Å². The van der Waals surface area contributed by atoms with Gasteiger partial charge in [0.25, 0.3) is 0 Å². The van der Waals surface area contributed by atoms with Crippen LogP contribution in [0.15, 0.2) is 41.6 Å². The van der Waals surface area contributed by atoms with E-state index in [1.165, 1.54) is 12.6 Å². The first-order valence-corrected chi connectivity index (χ1v) is 13.5. The number of hydrogen-bond donors (Lipinski definition) is 0. The molecule has 0 bridgehead atoms. The molecule has 190 valence electrons. The maximum atomic E-state index is 11.9. The maximum Gasteiger partial charge on any atom is 0.231 e. The van der Waals surface area contributed by atoms with Crippen LogP contribution in [0.1, 0.15) is 18.4 Å². The molecule has 0 unspecified atom stereocenters. The van der Waals surface area contributed by atoms with Crippen LogP contribution in [0.3, 0.4) is 0 Å². The predicted molar refractivity (Wildman–Crippen MR) is 133 cm³/mol. The van der Waals surface area contributed by atoms with Crippen LogP contribution in [0.5, 0.6) is 17.6 Å². The number of fused-ring (bicyclic) bond motifs is 1. The van der Waals surface area contributed by atoms with Crippen molar-refractivity contribution in [2.75, 3.05) is 49.9 Å². The minimum absolute atomic E-state index is 0.000290. The molecule has 0 saturated carbocycles. The second-order valence-electron chi connectivity index (χ2n) is 8.74. The van der Waals surface area contributed by atoms with E-state index >= 15 is 0 Å². The topological polar surface area (TPSA) is 120 Å². The molecule has 1 fully saturated rings. The molecule has 0 N–H and O–H groups in total. The summed E-state index contributed by atoms with van der Waals surface area (Å²) in [5.74, 6) is 2.72. The summed E-state index contributed by atoms with van der Waals surface area (Å²) in [6.45, 7) is 2.16. The Morgan fingerprint density at radius 2 is 1.64 bits per heavy atom. The zero-order valence-electron chi connectivity index (χ0n) is 20.4. The second-order valence-corrected chi connectivity index (χ2v) is 10.8. The standard InChI is InChI=1S/C24H28N6O5S/c1-33-22-14-23(34-2)28-24(27-22)29-9-7-17(8-10-29)35-21-13-20(25-15-26-21)30-11-6-16-12-18(36(3,31)32)4-5-19(16)30/h4-5,12-15,17H,6-11H2,1-3H3. The number of nitrogens with zero attached hydrogens (tertiary/aromatic N) is 6. The number of methoxy groups -OCH3 is 2. The van der Waals surface area contributed by atoms with Gasteiger partial charge in [0, 0.05) is 50.5 Å². The van der Waals surface area contributed by atoms with Crippen LogP contribution < -0.4 is 24.0 Å². The van der Waals surface area contributed by atoms with Crippen LogP contribution >= 0.6 is 0 Å². The van der Waals surface area contributed by atoms with Crippen LogP contribution in [0.4, 0.5) is 17.5 Å². The highest BCUT2D eigenvalue weighted by atomic mass is 32.2. The van der Waals surface area contributed by atoms with Gasteiger partial charge in [-0.25, -0.2) is 18.4 Å². The van der Waals surface area contributed by atoms with Crippen molar-refractivity contribution in [2.24, 2.45) is 0 Å². The van der Waals surface area contributed by atoms with Gasteiger partial charge in [-0.3, -0.25) is 0 Å². The quantitative estimate of drug-likeness (QED) is 0.464. The molecule has 2 aliphatic rings. The minimum Gasteiger partial charge on any atom is -0.481 e. The molecule has 1 saturated heterocycles. The fourth-order valence-corrected chi connectivity index (χ4v) is 5.15. The van der Waals surface area contributed by atoms with E-state index in [9.17, 15) is 8.42 Å². The highest BCUT2D eigenvalue weighted by Gasteiger charge is 2.26. The number of anilines is 3. The third-order valence-corrected chi connectivity index (χ3v) is 7.49. The van der Waals surface area contributed by atoms with Crippen LogP contribution in [0.25, 0.3) is 0 Å². The Hall–Kier alpha value is -3.67. The summed E-state index contributed by atoms with van der Waals surface area (Å²) in [7, 11) is -0.117. The highest BCUT2D eigenvalue weighted by molar-refractivity contribution is 7.90. The largest absolute Gasteiger partial charge is 0.481 e. The van der Waals surface area contributed by atoms with Crippen LogP contribution in [0, 0.1) is 0 Å². The van der Waals surface area contributed by atoms with E-state index < -0.39 is 9.84 Å². The van der Waals surface area contributed by atoms with Gasteiger partial charge >= 0.3 is 0 Å². The maximum absolute atomic E-state index is 11.9. The van der Waals surface area contributed by atoms with Crippen molar-refractivity contribution in [3.63, 3.8) is 0 Å². The normalized spacial score (nSPS) is 16.1. The van der Waals surface area contributed by atoms with Gasteiger partial charge in [0.1, 0.15) is 18.2 Å². The Morgan fingerprint density at radius 1 is 0.917 bits per heavy atom. The molecule has 2 aromatic heterocycles. The third kappa shape index (κ3) is 4.99. The summed E-state index contributed by atoms with van der Waals surface area (Å²) >= 11 is 0. The Kier molecular flexibility index (Phi) is 6.52. The molecular weight excluding hydrogens is 484 g/mol. The molecule has 3 aromatic rings. The average Bonchev–Trinajstić information content (AvgIpc) is 3.32. The van der Waals surface area contributed by atoms with Crippen LogP contribution in [0.2, 0.25) is 0 Å². The lowest BCUT2D eigenvalue weighted by atomic mass is 10.1. The van der Waals surface area contributed by atoms with Crippen LogP contribution in [-0.2, 0) is 16.3 Å². The number of benzene rings is 1. The zero-order chi connectivity index (χ0) is 25.3. The van der Waals surface area contributed by atoms with Crippen molar-refractivity contribution in [3.8, 4) is 17.6 Å². The van der Waals surface area contributed by atoms with E-state index in [1.807, 2.05) is 12.1 Å². The first kappa shape index (κ1) is 24.0. The number of rotatable bonds is 7. The minimum atomic E-state index is -3.25. The predicted octanol–water partition coefficient (Wildman–Crippen LogP) is 2.43. The van der Waals surface area contributed by atoms with E-state index in [2.05, 4.69) is 29.7 Å². The monoisotopic (exact) mass is 512 g/mol. The molecule has 11 nitrogen and oxygen atoms in total. The lowest BCUT2D eigenvalue weighted by Gasteiger charge is -2.32. The first-order valence-electron chi connectivity index (χ1n) is 11.7. The average molecular weight is 513 g/mol. The Morgan fingerprint density at radius 3 is 2.31 bits per heavy atom. The van der Waals surface area contributed by atoms with Gasteiger partial charge in [-0.2, -0.15) is 9.97 Å². The fourth-order valence-electron chi connectivity index (χ4n) is 4.48. The molecule has 0 aliphatic carbocycles. The number of sulfone groups is 1. The van der Waals surface area contributed by atoms with Gasteiger partial charge < -0.3 is 24.0 Å². The number of ether oxygens (including phenoxy) is 3. The van der Waals surface area contributed by atoms with Crippen molar-refractivity contribution in [2.45, 2.75) is 30.3 Å². The lowest BCUT2D eigenvalue weighted by molar-refractivity contribution is 0.163. The molecule has 12 heteroatoms. The Bertz CT molecular complexity index is 1340.